The molecule has 0 unspecified atom stereocenters. The molecule has 0 bridgehead atoms. The Labute approximate surface area is 105 Å². The molecule has 0 spiro atoms. The normalized spacial score (nSPS) is 26.9. The molecule has 0 aromatic rings. The van der Waals surface area contributed by atoms with Crippen molar-refractivity contribution in [2.45, 2.75) is 18.9 Å². The highest BCUT2D eigenvalue weighted by atomic mass is 16.3. The van der Waals surface area contributed by atoms with E-state index in [1.807, 2.05) is 0 Å². The predicted molar refractivity (Wildman–Crippen MR) is 61.5 cm³/mol. The number of amides is 4. The van der Waals surface area contributed by atoms with Crippen molar-refractivity contribution in [2.75, 3.05) is 26.7 Å². The van der Waals surface area contributed by atoms with Crippen LogP contribution in [0, 0.1) is 5.92 Å². The minimum Gasteiger partial charge on any atom is -0.393 e. The van der Waals surface area contributed by atoms with E-state index in [2.05, 4.69) is 5.32 Å². The van der Waals surface area contributed by atoms with Gasteiger partial charge in [0, 0.05) is 13.6 Å². The Morgan fingerprint density at radius 1 is 1.50 bits per heavy atom. The molecule has 0 atom stereocenters. The summed E-state index contributed by atoms with van der Waals surface area (Å²) in [4.78, 5) is 36.9. The van der Waals surface area contributed by atoms with Crippen LogP contribution in [0.25, 0.3) is 0 Å². The molecule has 18 heavy (non-hydrogen) atoms. The molecule has 1 aliphatic heterocycles. The van der Waals surface area contributed by atoms with E-state index in [-0.39, 0.29) is 31.0 Å². The first kappa shape index (κ1) is 12.8. The van der Waals surface area contributed by atoms with E-state index < -0.39 is 6.03 Å². The number of carbonyl (C=O) groups excluding carboxylic acids is 3. The van der Waals surface area contributed by atoms with E-state index in [0.29, 0.717) is 25.3 Å². The lowest BCUT2D eigenvalue weighted by atomic mass is 9.82. The highest BCUT2D eigenvalue weighted by molar-refractivity contribution is 6.04. The summed E-state index contributed by atoms with van der Waals surface area (Å²) < 4.78 is 0. The molecule has 1 saturated carbocycles. The van der Waals surface area contributed by atoms with E-state index >= 15 is 0 Å². The number of likely N-dealkylation sites (N-methyl/N-ethyl adjacent to an activating group) is 1. The van der Waals surface area contributed by atoms with Crippen LogP contribution in [0.2, 0.25) is 0 Å². The van der Waals surface area contributed by atoms with Crippen LogP contribution in [0.15, 0.2) is 0 Å². The van der Waals surface area contributed by atoms with Crippen LogP contribution in [0.3, 0.4) is 0 Å². The monoisotopic (exact) mass is 255 g/mol. The smallest absolute Gasteiger partial charge is 0.325 e. The number of nitrogens with one attached hydrogen (secondary N) is 1. The number of carbonyl (C=O) groups is 3. The molecule has 2 rings (SSSR count). The molecule has 7 nitrogen and oxygen atoms in total. The third-order valence-corrected chi connectivity index (χ3v) is 3.40. The molecule has 0 radical (unpaired) electrons. The largest absolute Gasteiger partial charge is 0.393 e. The zero-order valence-electron chi connectivity index (χ0n) is 10.3. The van der Waals surface area contributed by atoms with E-state index in [0.717, 1.165) is 4.90 Å². The SMILES string of the molecule is CN(CC1CC(O)C1)C(=O)CN1C(=O)CNC1=O. The van der Waals surface area contributed by atoms with Crippen LogP contribution < -0.4 is 5.32 Å². The molecule has 1 saturated heterocycles. The molecule has 0 aromatic carbocycles. The average Bonchev–Trinajstić information content (AvgIpc) is 2.58. The zero-order valence-corrected chi connectivity index (χ0v) is 10.3. The van der Waals surface area contributed by atoms with Crippen molar-refractivity contribution in [1.29, 1.82) is 0 Å². The van der Waals surface area contributed by atoms with Crippen molar-refractivity contribution in [2.24, 2.45) is 5.92 Å². The first-order chi connectivity index (χ1) is 8.47. The van der Waals surface area contributed by atoms with Gasteiger partial charge in [0.25, 0.3) is 5.91 Å². The Hall–Kier alpha value is -1.63. The first-order valence-corrected chi connectivity index (χ1v) is 5.97. The van der Waals surface area contributed by atoms with E-state index in [9.17, 15) is 14.4 Å². The second-order valence-electron chi connectivity index (χ2n) is 4.90. The van der Waals surface area contributed by atoms with Crippen molar-refractivity contribution in [1.82, 2.24) is 15.1 Å². The maximum Gasteiger partial charge on any atom is 0.325 e. The van der Waals surface area contributed by atoms with Crippen LogP contribution in [0.5, 0.6) is 0 Å². The van der Waals surface area contributed by atoms with Gasteiger partial charge in [-0.05, 0) is 18.8 Å². The van der Waals surface area contributed by atoms with Crippen LogP contribution >= 0.6 is 0 Å². The van der Waals surface area contributed by atoms with Gasteiger partial charge in [0.05, 0.1) is 12.6 Å². The van der Waals surface area contributed by atoms with Gasteiger partial charge >= 0.3 is 6.03 Å². The van der Waals surface area contributed by atoms with E-state index in [1.165, 1.54) is 4.90 Å². The van der Waals surface area contributed by atoms with Crippen molar-refractivity contribution < 1.29 is 19.5 Å². The molecule has 0 aromatic heterocycles. The minimum absolute atomic E-state index is 0.0371. The van der Waals surface area contributed by atoms with Gasteiger partial charge in [-0.1, -0.05) is 0 Å². The highest BCUT2D eigenvalue weighted by Gasteiger charge is 2.33. The average molecular weight is 255 g/mol. The molecular formula is C11H17N3O4. The number of rotatable bonds is 4. The highest BCUT2D eigenvalue weighted by Crippen LogP contribution is 2.27. The van der Waals surface area contributed by atoms with Crippen molar-refractivity contribution in [3.63, 3.8) is 0 Å². The predicted octanol–water partition coefficient (Wildman–Crippen LogP) is -1.23. The molecule has 4 amide bonds. The number of hydrogen-bond donors (Lipinski definition) is 2. The van der Waals surface area contributed by atoms with Gasteiger partial charge in [0.2, 0.25) is 5.91 Å². The third kappa shape index (κ3) is 2.61. The quantitative estimate of drug-likeness (QED) is 0.615. The fourth-order valence-electron chi connectivity index (χ4n) is 2.21. The molecule has 2 fully saturated rings. The number of imide groups is 1. The van der Waals surface area contributed by atoms with Gasteiger partial charge in [0.15, 0.2) is 0 Å². The fraction of sp³-hybridized carbons (Fsp3) is 0.727. The number of aliphatic hydroxyl groups is 1. The molecule has 1 heterocycles. The lowest BCUT2D eigenvalue weighted by molar-refractivity contribution is -0.136. The zero-order chi connectivity index (χ0) is 13.3. The lowest BCUT2D eigenvalue weighted by Gasteiger charge is -2.34. The Morgan fingerprint density at radius 3 is 2.67 bits per heavy atom. The van der Waals surface area contributed by atoms with Gasteiger partial charge in [-0.25, -0.2) is 4.79 Å². The fourth-order valence-corrected chi connectivity index (χ4v) is 2.21. The third-order valence-electron chi connectivity index (χ3n) is 3.40. The molecule has 2 aliphatic rings. The minimum atomic E-state index is -0.513. The van der Waals surface area contributed by atoms with Gasteiger partial charge in [-0.2, -0.15) is 0 Å². The maximum absolute atomic E-state index is 11.8. The topological polar surface area (TPSA) is 89.9 Å². The van der Waals surface area contributed by atoms with Crippen LogP contribution in [0.1, 0.15) is 12.8 Å². The second-order valence-corrected chi connectivity index (χ2v) is 4.90. The summed E-state index contributed by atoms with van der Waals surface area (Å²) in [6, 6.07) is -0.513. The van der Waals surface area contributed by atoms with Gasteiger partial charge in [-0.15, -0.1) is 0 Å². The van der Waals surface area contributed by atoms with Crippen LogP contribution in [-0.2, 0) is 9.59 Å². The van der Waals surface area contributed by atoms with E-state index in [1.54, 1.807) is 7.05 Å². The summed E-state index contributed by atoms with van der Waals surface area (Å²) >= 11 is 0. The van der Waals surface area contributed by atoms with Gasteiger partial charge in [0.1, 0.15) is 6.54 Å². The molecule has 100 valence electrons. The molecule has 7 heteroatoms. The van der Waals surface area contributed by atoms with E-state index in [4.69, 9.17) is 5.11 Å². The van der Waals surface area contributed by atoms with Crippen molar-refractivity contribution in [3.05, 3.63) is 0 Å². The summed E-state index contributed by atoms with van der Waals surface area (Å²) in [5.74, 6) is -0.320. The second kappa shape index (κ2) is 4.93. The molecule has 2 N–H and O–H groups in total. The Morgan fingerprint density at radius 2 is 2.17 bits per heavy atom. The lowest BCUT2D eigenvalue weighted by Crippen LogP contribution is -2.45. The Balaban J connectivity index is 1.80. The summed E-state index contributed by atoms with van der Waals surface area (Å²) in [6.07, 6.45) is 1.17. The number of nitrogens with zero attached hydrogens (tertiary/aromatic N) is 2. The number of aliphatic hydroxyl groups excluding tert-OH is 1. The van der Waals surface area contributed by atoms with Gasteiger partial charge in [-0.3, -0.25) is 14.5 Å². The standard InChI is InChI=1S/C11H17N3O4/c1-13(5-7-2-8(15)3-7)10(17)6-14-9(16)4-12-11(14)18/h7-8,15H,2-6H2,1H3,(H,12,18). The Kier molecular flexibility index (Phi) is 3.51. The number of hydrogen-bond acceptors (Lipinski definition) is 4. The number of urea groups is 1. The summed E-state index contributed by atoms with van der Waals surface area (Å²) in [7, 11) is 1.64. The van der Waals surface area contributed by atoms with Gasteiger partial charge < -0.3 is 15.3 Å². The van der Waals surface area contributed by atoms with Crippen LogP contribution in [0.4, 0.5) is 4.79 Å². The summed E-state index contributed by atoms with van der Waals surface area (Å²) in [5.41, 5.74) is 0. The maximum atomic E-state index is 11.8. The first-order valence-electron chi connectivity index (χ1n) is 5.97. The summed E-state index contributed by atoms with van der Waals surface area (Å²) in [5, 5.41) is 11.5. The van der Waals surface area contributed by atoms with Crippen LogP contribution in [-0.4, -0.2) is 65.5 Å². The summed E-state index contributed by atoms with van der Waals surface area (Å²) in [6.45, 7) is 0.306. The molecular weight excluding hydrogens is 238 g/mol. The van der Waals surface area contributed by atoms with Crippen molar-refractivity contribution in [3.8, 4) is 0 Å². The Bertz CT molecular complexity index is 362. The molecule has 1 aliphatic carbocycles. The van der Waals surface area contributed by atoms with Crippen molar-refractivity contribution >= 4 is 17.8 Å².